The van der Waals surface area contributed by atoms with E-state index < -0.39 is 0 Å². The lowest BCUT2D eigenvalue weighted by Crippen LogP contribution is -1.96. The number of hydrogen-bond donors (Lipinski definition) is 0. The van der Waals surface area contributed by atoms with Gasteiger partial charge in [-0.1, -0.05) is 13.8 Å². The fourth-order valence-corrected chi connectivity index (χ4v) is 1.07. The van der Waals surface area contributed by atoms with Crippen LogP contribution in [-0.2, 0) is 0 Å². The third-order valence-corrected chi connectivity index (χ3v) is 1.88. The van der Waals surface area contributed by atoms with Crippen LogP contribution in [0.25, 0.3) is 0 Å². The molecule has 3 nitrogen and oxygen atoms in total. The fourth-order valence-electron chi connectivity index (χ4n) is 1.07. The summed E-state index contributed by atoms with van der Waals surface area (Å²) in [5.74, 6) is 1.81. The van der Waals surface area contributed by atoms with Crippen LogP contribution >= 0.6 is 0 Å². The Kier molecular flexibility index (Phi) is 3.12. The molecule has 1 rings (SSSR count). The van der Waals surface area contributed by atoms with Gasteiger partial charge in [-0.3, -0.25) is 4.98 Å². The van der Waals surface area contributed by atoms with E-state index in [9.17, 15) is 0 Å². The molecule has 0 N–H and O–H groups in total. The van der Waals surface area contributed by atoms with Crippen LogP contribution in [0.1, 0.15) is 25.5 Å². The Balaban J connectivity index is 3.05. The van der Waals surface area contributed by atoms with E-state index in [4.69, 9.17) is 9.47 Å². The lowest BCUT2D eigenvalue weighted by molar-refractivity contribution is 0.352. The minimum absolute atomic E-state index is 0.403. The molecule has 0 saturated carbocycles. The molecule has 1 heterocycles. The Hall–Kier alpha value is -1.25. The van der Waals surface area contributed by atoms with Crippen molar-refractivity contribution in [3.8, 4) is 11.5 Å². The van der Waals surface area contributed by atoms with Crippen molar-refractivity contribution in [3.05, 3.63) is 18.0 Å². The van der Waals surface area contributed by atoms with E-state index >= 15 is 0 Å². The molecule has 0 radical (unpaired) electrons. The molecule has 0 amide bonds. The van der Waals surface area contributed by atoms with Gasteiger partial charge in [-0.25, -0.2) is 0 Å². The SMILES string of the molecule is COc1cnc(C(C)C)cc1OC. The molecular weight excluding hydrogens is 166 g/mol. The molecule has 0 aliphatic rings. The van der Waals surface area contributed by atoms with Gasteiger partial charge < -0.3 is 9.47 Å². The number of ether oxygens (including phenoxy) is 2. The largest absolute Gasteiger partial charge is 0.493 e. The van der Waals surface area contributed by atoms with Gasteiger partial charge in [0.25, 0.3) is 0 Å². The third-order valence-electron chi connectivity index (χ3n) is 1.88. The van der Waals surface area contributed by atoms with Crippen molar-refractivity contribution in [2.24, 2.45) is 0 Å². The van der Waals surface area contributed by atoms with Crippen molar-refractivity contribution in [2.45, 2.75) is 19.8 Å². The summed E-state index contributed by atoms with van der Waals surface area (Å²) < 4.78 is 10.2. The van der Waals surface area contributed by atoms with Crippen LogP contribution in [0.5, 0.6) is 11.5 Å². The number of pyridine rings is 1. The van der Waals surface area contributed by atoms with Crippen LogP contribution in [0.2, 0.25) is 0 Å². The summed E-state index contributed by atoms with van der Waals surface area (Å²) in [4.78, 5) is 4.25. The van der Waals surface area contributed by atoms with Crippen molar-refractivity contribution < 1.29 is 9.47 Å². The number of hydrogen-bond acceptors (Lipinski definition) is 3. The number of rotatable bonds is 3. The van der Waals surface area contributed by atoms with Gasteiger partial charge in [0.15, 0.2) is 11.5 Å². The average molecular weight is 181 g/mol. The smallest absolute Gasteiger partial charge is 0.179 e. The summed E-state index contributed by atoms with van der Waals surface area (Å²) in [5, 5.41) is 0. The summed E-state index contributed by atoms with van der Waals surface area (Å²) in [6.45, 7) is 4.18. The van der Waals surface area contributed by atoms with Crippen LogP contribution in [0, 0.1) is 0 Å². The summed E-state index contributed by atoms with van der Waals surface area (Å²) in [7, 11) is 3.23. The Morgan fingerprint density at radius 2 is 1.77 bits per heavy atom. The molecular formula is C10H15NO2. The summed E-state index contributed by atoms with van der Waals surface area (Å²) in [5.41, 5.74) is 1.01. The van der Waals surface area contributed by atoms with Crippen LogP contribution in [0.3, 0.4) is 0 Å². The van der Waals surface area contributed by atoms with Crippen molar-refractivity contribution in [1.82, 2.24) is 4.98 Å². The van der Waals surface area contributed by atoms with Crippen LogP contribution < -0.4 is 9.47 Å². The third kappa shape index (κ3) is 2.11. The Labute approximate surface area is 78.7 Å². The Morgan fingerprint density at radius 1 is 1.15 bits per heavy atom. The first kappa shape index (κ1) is 9.84. The van der Waals surface area contributed by atoms with Gasteiger partial charge in [0.1, 0.15) is 0 Å². The van der Waals surface area contributed by atoms with E-state index in [2.05, 4.69) is 18.8 Å². The lowest BCUT2D eigenvalue weighted by Gasteiger charge is -2.10. The van der Waals surface area contributed by atoms with E-state index in [1.165, 1.54) is 0 Å². The maximum atomic E-state index is 5.16. The van der Waals surface area contributed by atoms with E-state index in [0.717, 1.165) is 11.4 Å². The van der Waals surface area contributed by atoms with Gasteiger partial charge in [0.05, 0.1) is 20.4 Å². The molecule has 3 heteroatoms. The van der Waals surface area contributed by atoms with Gasteiger partial charge in [-0.15, -0.1) is 0 Å². The summed E-state index contributed by atoms with van der Waals surface area (Å²) >= 11 is 0. The standard InChI is InChI=1S/C10H15NO2/c1-7(2)8-5-9(12-3)10(13-4)6-11-8/h5-7H,1-4H3. The lowest BCUT2D eigenvalue weighted by atomic mass is 10.1. The Bertz CT molecular complexity index is 284. The van der Waals surface area contributed by atoms with Gasteiger partial charge in [0.2, 0.25) is 0 Å². The normalized spacial score (nSPS) is 10.2. The number of nitrogens with zero attached hydrogens (tertiary/aromatic N) is 1. The minimum atomic E-state index is 0.403. The monoisotopic (exact) mass is 181 g/mol. The van der Waals surface area contributed by atoms with Gasteiger partial charge in [-0.2, -0.15) is 0 Å². The van der Waals surface area contributed by atoms with Crippen LogP contribution in [0.4, 0.5) is 0 Å². The van der Waals surface area contributed by atoms with Crippen molar-refractivity contribution >= 4 is 0 Å². The molecule has 0 aliphatic heterocycles. The second-order valence-electron chi connectivity index (χ2n) is 3.12. The second-order valence-corrected chi connectivity index (χ2v) is 3.12. The molecule has 0 fully saturated rings. The first-order valence-electron chi connectivity index (χ1n) is 4.27. The predicted molar refractivity (Wildman–Crippen MR) is 51.4 cm³/mol. The number of methoxy groups -OCH3 is 2. The molecule has 0 unspecified atom stereocenters. The molecule has 1 aromatic heterocycles. The first-order valence-corrected chi connectivity index (χ1v) is 4.27. The van der Waals surface area contributed by atoms with Crippen LogP contribution in [-0.4, -0.2) is 19.2 Å². The predicted octanol–water partition coefficient (Wildman–Crippen LogP) is 2.22. The minimum Gasteiger partial charge on any atom is -0.493 e. The molecule has 0 saturated heterocycles. The van der Waals surface area contributed by atoms with Gasteiger partial charge >= 0.3 is 0 Å². The molecule has 13 heavy (non-hydrogen) atoms. The molecule has 1 aromatic rings. The zero-order valence-electron chi connectivity index (χ0n) is 8.50. The van der Waals surface area contributed by atoms with Crippen molar-refractivity contribution in [3.63, 3.8) is 0 Å². The van der Waals surface area contributed by atoms with Gasteiger partial charge in [-0.05, 0) is 5.92 Å². The quantitative estimate of drug-likeness (QED) is 0.716. The van der Waals surface area contributed by atoms with Crippen LogP contribution in [0.15, 0.2) is 12.3 Å². The van der Waals surface area contributed by atoms with E-state index in [1.807, 2.05) is 6.07 Å². The fraction of sp³-hybridized carbons (Fsp3) is 0.500. The summed E-state index contributed by atoms with van der Waals surface area (Å²) in [6.07, 6.45) is 1.69. The molecule has 0 spiro atoms. The highest BCUT2D eigenvalue weighted by Gasteiger charge is 2.07. The molecule has 72 valence electrons. The average Bonchev–Trinajstić information content (AvgIpc) is 2.16. The van der Waals surface area contributed by atoms with E-state index in [-0.39, 0.29) is 0 Å². The van der Waals surface area contributed by atoms with Crippen molar-refractivity contribution in [2.75, 3.05) is 14.2 Å². The van der Waals surface area contributed by atoms with E-state index in [1.54, 1.807) is 20.4 Å². The highest BCUT2D eigenvalue weighted by atomic mass is 16.5. The molecule has 0 bridgehead atoms. The zero-order valence-corrected chi connectivity index (χ0v) is 8.50. The maximum Gasteiger partial charge on any atom is 0.179 e. The Morgan fingerprint density at radius 3 is 2.23 bits per heavy atom. The highest BCUT2D eigenvalue weighted by molar-refractivity contribution is 5.39. The molecule has 0 atom stereocenters. The molecule has 0 aliphatic carbocycles. The number of aromatic nitrogens is 1. The zero-order chi connectivity index (χ0) is 9.84. The van der Waals surface area contributed by atoms with E-state index in [0.29, 0.717) is 11.7 Å². The topological polar surface area (TPSA) is 31.4 Å². The highest BCUT2D eigenvalue weighted by Crippen LogP contribution is 2.28. The van der Waals surface area contributed by atoms with Crippen molar-refractivity contribution in [1.29, 1.82) is 0 Å². The molecule has 0 aromatic carbocycles. The first-order chi connectivity index (χ1) is 6.19. The van der Waals surface area contributed by atoms with Gasteiger partial charge in [0, 0.05) is 11.8 Å². The maximum absolute atomic E-state index is 5.16. The summed E-state index contributed by atoms with van der Waals surface area (Å²) in [6, 6.07) is 1.91. The second kappa shape index (κ2) is 4.12.